The Morgan fingerprint density at radius 1 is 1.16 bits per heavy atom. The molecule has 1 aliphatic carbocycles. The Labute approximate surface area is 151 Å². The largest absolute Gasteiger partial charge is 0.445 e. The topological polar surface area (TPSA) is 54.5 Å². The normalized spacial score (nSPS) is 32.6. The highest BCUT2D eigenvalue weighted by Gasteiger charge is 2.49. The predicted molar refractivity (Wildman–Crippen MR) is 97.6 cm³/mol. The van der Waals surface area contributed by atoms with Gasteiger partial charge < -0.3 is 9.64 Å². The van der Waals surface area contributed by atoms with Gasteiger partial charge in [0.1, 0.15) is 6.10 Å². The summed E-state index contributed by atoms with van der Waals surface area (Å²) in [5.74, 6) is 2.40. The molecular weight excluding hydrogens is 334 g/mol. The fraction of sp³-hybridized carbons (Fsp3) is 0.474. The Kier molecular flexibility index (Phi) is 3.75. The van der Waals surface area contributed by atoms with Gasteiger partial charge in [-0.05, 0) is 24.3 Å². The standard InChI is InChI=1S/C19H21N3O2S/c23-19(21-18-17(25-11-20-18)13-4-2-1-3-5-13)24-16-14-6-12-7-15(16)10-22(8-12)9-14/h1-5,11-12,14-16H,6-10H2,(H,21,23). The van der Waals surface area contributed by atoms with E-state index in [9.17, 15) is 4.79 Å². The molecule has 6 rings (SSSR count). The van der Waals surface area contributed by atoms with E-state index in [0.29, 0.717) is 17.7 Å². The zero-order chi connectivity index (χ0) is 16.8. The number of anilines is 1. The highest BCUT2D eigenvalue weighted by Crippen LogP contribution is 2.44. The lowest BCUT2D eigenvalue weighted by Crippen LogP contribution is -2.61. The Hall–Kier alpha value is -1.92. The molecule has 130 valence electrons. The van der Waals surface area contributed by atoms with Crippen LogP contribution in [0.3, 0.4) is 0 Å². The number of piperidine rings is 3. The molecule has 1 N–H and O–H groups in total. The monoisotopic (exact) mass is 355 g/mol. The zero-order valence-corrected chi connectivity index (χ0v) is 14.7. The van der Waals surface area contributed by atoms with Gasteiger partial charge in [0.15, 0.2) is 5.82 Å². The summed E-state index contributed by atoms with van der Waals surface area (Å²) in [6, 6.07) is 10.0. The number of rotatable bonds is 3. The molecule has 0 spiro atoms. The smallest absolute Gasteiger partial charge is 0.413 e. The first-order valence-corrected chi connectivity index (χ1v) is 9.83. The van der Waals surface area contributed by atoms with Gasteiger partial charge in [0.05, 0.1) is 10.4 Å². The molecule has 4 heterocycles. The molecule has 4 bridgehead atoms. The van der Waals surface area contributed by atoms with Gasteiger partial charge in [-0.1, -0.05) is 30.3 Å². The second-order valence-electron chi connectivity index (χ2n) is 7.47. The van der Waals surface area contributed by atoms with Gasteiger partial charge in [0.2, 0.25) is 0 Å². The first-order valence-electron chi connectivity index (χ1n) is 8.95. The zero-order valence-electron chi connectivity index (χ0n) is 13.9. The molecule has 1 aromatic heterocycles. The summed E-state index contributed by atoms with van der Waals surface area (Å²) in [6.07, 6.45) is 2.11. The summed E-state index contributed by atoms with van der Waals surface area (Å²) in [5, 5.41) is 2.87. The predicted octanol–water partition coefficient (Wildman–Crippen LogP) is 3.70. The minimum absolute atomic E-state index is 0.0617. The molecule has 1 saturated carbocycles. The number of hydrogen-bond acceptors (Lipinski definition) is 5. The lowest BCUT2D eigenvalue weighted by atomic mass is 9.66. The molecule has 0 radical (unpaired) electrons. The summed E-state index contributed by atoms with van der Waals surface area (Å²) in [4.78, 5) is 20.3. The number of nitrogens with zero attached hydrogens (tertiary/aromatic N) is 2. The van der Waals surface area contributed by atoms with Gasteiger partial charge in [-0.2, -0.15) is 0 Å². The lowest BCUT2D eigenvalue weighted by Gasteiger charge is -2.54. The van der Waals surface area contributed by atoms with E-state index in [2.05, 4.69) is 15.2 Å². The van der Waals surface area contributed by atoms with Gasteiger partial charge in [-0.25, -0.2) is 9.78 Å². The van der Waals surface area contributed by atoms with E-state index in [1.54, 1.807) is 5.51 Å². The highest BCUT2D eigenvalue weighted by molar-refractivity contribution is 7.13. The fourth-order valence-electron chi connectivity index (χ4n) is 4.94. The number of ether oxygens (including phenoxy) is 1. The first kappa shape index (κ1) is 15.3. The van der Waals surface area contributed by atoms with Crippen LogP contribution >= 0.6 is 11.3 Å². The van der Waals surface area contributed by atoms with Crippen molar-refractivity contribution in [2.24, 2.45) is 17.8 Å². The maximum Gasteiger partial charge on any atom is 0.413 e. The molecule has 3 saturated heterocycles. The third kappa shape index (κ3) is 2.83. The van der Waals surface area contributed by atoms with Gasteiger partial charge in [-0.15, -0.1) is 11.3 Å². The Morgan fingerprint density at radius 3 is 2.64 bits per heavy atom. The van der Waals surface area contributed by atoms with E-state index in [4.69, 9.17) is 4.74 Å². The molecule has 4 fully saturated rings. The average Bonchev–Trinajstić information content (AvgIpc) is 3.06. The molecule has 25 heavy (non-hydrogen) atoms. The second-order valence-corrected chi connectivity index (χ2v) is 8.32. The van der Waals surface area contributed by atoms with Crippen LogP contribution in [0.1, 0.15) is 12.8 Å². The van der Waals surface area contributed by atoms with Crippen LogP contribution in [0.5, 0.6) is 0 Å². The third-order valence-electron chi connectivity index (χ3n) is 5.77. The van der Waals surface area contributed by atoms with Crippen LogP contribution in [-0.4, -0.2) is 41.7 Å². The van der Waals surface area contributed by atoms with Crippen molar-refractivity contribution in [1.29, 1.82) is 0 Å². The Balaban J connectivity index is 1.28. The highest BCUT2D eigenvalue weighted by atomic mass is 32.1. The summed E-state index contributed by atoms with van der Waals surface area (Å²) in [5.41, 5.74) is 2.82. The fourth-order valence-corrected chi connectivity index (χ4v) is 5.69. The van der Waals surface area contributed by atoms with Crippen molar-refractivity contribution in [1.82, 2.24) is 9.88 Å². The molecule has 6 heteroatoms. The van der Waals surface area contributed by atoms with Gasteiger partial charge in [0.25, 0.3) is 0 Å². The second kappa shape index (κ2) is 6.11. The van der Waals surface area contributed by atoms with Crippen LogP contribution in [-0.2, 0) is 4.74 Å². The summed E-state index contributed by atoms with van der Waals surface area (Å²) in [6.45, 7) is 3.40. The van der Waals surface area contributed by atoms with E-state index in [-0.39, 0.29) is 12.2 Å². The van der Waals surface area contributed by atoms with Crippen molar-refractivity contribution in [3.8, 4) is 10.4 Å². The molecule has 1 aromatic carbocycles. The quantitative estimate of drug-likeness (QED) is 0.912. The maximum atomic E-state index is 12.5. The summed E-state index contributed by atoms with van der Waals surface area (Å²) >= 11 is 1.53. The number of nitrogens with one attached hydrogen (secondary N) is 1. The number of aromatic nitrogens is 1. The first-order chi connectivity index (χ1) is 12.3. The van der Waals surface area contributed by atoms with Crippen molar-refractivity contribution in [3.05, 3.63) is 35.8 Å². The maximum absolute atomic E-state index is 12.5. The van der Waals surface area contributed by atoms with Gasteiger partial charge in [0, 0.05) is 31.5 Å². The van der Waals surface area contributed by atoms with Crippen LogP contribution in [0.15, 0.2) is 35.8 Å². The Bertz CT molecular complexity index is 748. The summed E-state index contributed by atoms with van der Waals surface area (Å²) in [7, 11) is 0. The van der Waals surface area contributed by atoms with Crippen LogP contribution < -0.4 is 5.32 Å². The van der Waals surface area contributed by atoms with Crippen molar-refractivity contribution in [2.45, 2.75) is 18.9 Å². The van der Waals surface area contributed by atoms with E-state index >= 15 is 0 Å². The number of amides is 1. The number of thiazole rings is 1. The van der Waals surface area contributed by atoms with E-state index < -0.39 is 0 Å². The van der Waals surface area contributed by atoms with Crippen LogP contribution in [0.25, 0.3) is 10.4 Å². The molecule has 2 unspecified atom stereocenters. The third-order valence-corrected chi connectivity index (χ3v) is 6.65. The number of carbonyl (C=O) groups excluding carboxylic acids is 1. The molecule has 5 nitrogen and oxygen atoms in total. The summed E-state index contributed by atoms with van der Waals surface area (Å²) < 4.78 is 5.88. The van der Waals surface area contributed by atoms with Gasteiger partial charge in [-0.3, -0.25) is 5.32 Å². The number of benzene rings is 1. The molecule has 2 atom stereocenters. The molecule has 2 aromatic rings. The van der Waals surface area contributed by atoms with Crippen molar-refractivity contribution in [2.75, 3.05) is 25.0 Å². The van der Waals surface area contributed by atoms with E-state index in [1.165, 1.54) is 30.7 Å². The van der Waals surface area contributed by atoms with Crippen molar-refractivity contribution in [3.63, 3.8) is 0 Å². The minimum atomic E-state index is -0.365. The Morgan fingerprint density at radius 2 is 1.92 bits per heavy atom. The minimum Gasteiger partial charge on any atom is -0.445 e. The van der Waals surface area contributed by atoms with Crippen LogP contribution in [0.4, 0.5) is 10.6 Å². The van der Waals surface area contributed by atoms with Gasteiger partial charge >= 0.3 is 6.09 Å². The number of hydrogen-bond donors (Lipinski definition) is 1. The van der Waals surface area contributed by atoms with Crippen LogP contribution in [0.2, 0.25) is 0 Å². The molecular formula is C19H21N3O2S. The number of carbonyl (C=O) groups is 1. The van der Waals surface area contributed by atoms with Crippen molar-refractivity contribution < 1.29 is 9.53 Å². The molecule has 4 aliphatic rings. The molecule has 3 aliphatic heterocycles. The SMILES string of the molecule is O=C(Nc1ncsc1-c1ccccc1)OC1C2CC3CC1CN(C3)C2. The average molecular weight is 355 g/mol. The van der Waals surface area contributed by atoms with Crippen molar-refractivity contribution >= 4 is 23.2 Å². The molecule has 1 amide bonds. The lowest BCUT2D eigenvalue weighted by molar-refractivity contribution is -0.110. The van der Waals surface area contributed by atoms with Crippen LogP contribution in [0, 0.1) is 17.8 Å². The van der Waals surface area contributed by atoms with E-state index in [0.717, 1.165) is 29.4 Å². The van der Waals surface area contributed by atoms with E-state index in [1.807, 2.05) is 30.3 Å².